The van der Waals surface area contributed by atoms with Crippen LogP contribution in [0.15, 0.2) is 35.2 Å². The highest BCUT2D eigenvalue weighted by atomic mass is 32.1. The quantitative estimate of drug-likeness (QED) is 0.584. The number of hydrogen-bond acceptors (Lipinski definition) is 8. The average Bonchev–Trinajstić information content (AvgIpc) is 3.42. The highest BCUT2D eigenvalue weighted by Crippen LogP contribution is 2.47. The summed E-state index contributed by atoms with van der Waals surface area (Å²) in [6.45, 7) is 1.14. The van der Waals surface area contributed by atoms with Crippen LogP contribution in [0.5, 0.6) is 0 Å². The fraction of sp³-hybridized carbons (Fsp3) is 0.474. The van der Waals surface area contributed by atoms with Crippen LogP contribution in [0.25, 0.3) is 11.4 Å². The second-order valence-electron chi connectivity index (χ2n) is 7.66. The minimum atomic E-state index is -4.51. The lowest BCUT2D eigenvalue weighted by atomic mass is 9.86. The summed E-state index contributed by atoms with van der Waals surface area (Å²) in [7, 11) is 3.92. The van der Waals surface area contributed by atoms with Gasteiger partial charge in [-0.2, -0.15) is 18.2 Å². The van der Waals surface area contributed by atoms with E-state index >= 15 is 0 Å². The number of alkyl halides is 3. The molecule has 3 aromatic heterocycles. The maximum Gasteiger partial charge on any atom is 0.404 e. The molecule has 1 saturated heterocycles. The summed E-state index contributed by atoms with van der Waals surface area (Å²) in [5.41, 5.74) is -1.68. The fourth-order valence-corrected chi connectivity index (χ4v) is 4.66. The van der Waals surface area contributed by atoms with Gasteiger partial charge < -0.3 is 9.42 Å². The Hall–Kier alpha value is -2.37. The molecule has 0 aliphatic carbocycles. The molecule has 3 aromatic rings. The van der Waals surface area contributed by atoms with Crippen molar-refractivity contribution in [3.63, 3.8) is 0 Å². The third-order valence-electron chi connectivity index (χ3n) is 5.08. The molecule has 0 N–H and O–H groups in total. The van der Waals surface area contributed by atoms with Crippen molar-refractivity contribution in [2.24, 2.45) is 0 Å². The lowest BCUT2D eigenvalue weighted by molar-refractivity contribution is -0.193. The Morgan fingerprint density at radius 1 is 1.30 bits per heavy atom. The van der Waals surface area contributed by atoms with Gasteiger partial charge in [0.05, 0.1) is 6.54 Å². The average molecular weight is 438 g/mol. The first kappa shape index (κ1) is 20.9. The van der Waals surface area contributed by atoms with Crippen LogP contribution in [0, 0.1) is 0 Å². The maximum absolute atomic E-state index is 14.2. The Morgan fingerprint density at radius 3 is 2.83 bits per heavy atom. The van der Waals surface area contributed by atoms with Crippen LogP contribution in [-0.4, -0.2) is 63.3 Å². The normalized spacial score (nSPS) is 20.3. The zero-order valence-corrected chi connectivity index (χ0v) is 17.4. The van der Waals surface area contributed by atoms with Gasteiger partial charge in [0.25, 0.3) is 0 Å². The molecule has 30 heavy (non-hydrogen) atoms. The first-order chi connectivity index (χ1) is 14.3. The van der Waals surface area contributed by atoms with Gasteiger partial charge in [0.15, 0.2) is 5.41 Å². The van der Waals surface area contributed by atoms with E-state index in [4.69, 9.17) is 4.52 Å². The Balaban J connectivity index is 1.54. The monoisotopic (exact) mass is 438 g/mol. The van der Waals surface area contributed by atoms with Crippen LogP contribution >= 0.6 is 11.3 Å². The van der Waals surface area contributed by atoms with Crippen LogP contribution in [0.3, 0.4) is 0 Å². The number of likely N-dealkylation sites (tertiary alicyclic amines) is 1. The topological polar surface area (TPSA) is 71.2 Å². The van der Waals surface area contributed by atoms with Gasteiger partial charge in [-0.25, -0.2) is 4.98 Å². The van der Waals surface area contributed by atoms with Gasteiger partial charge in [-0.15, -0.1) is 11.3 Å². The van der Waals surface area contributed by atoms with E-state index in [1.54, 1.807) is 29.4 Å². The Bertz CT molecular complexity index is 990. The zero-order valence-electron chi connectivity index (χ0n) is 16.6. The van der Waals surface area contributed by atoms with E-state index in [2.05, 4.69) is 20.1 Å². The number of hydrogen-bond donors (Lipinski definition) is 0. The van der Waals surface area contributed by atoms with Crippen molar-refractivity contribution < 1.29 is 17.7 Å². The van der Waals surface area contributed by atoms with Gasteiger partial charge in [-0.1, -0.05) is 5.16 Å². The predicted octanol–water partition coefficient (Wildman–Crippen LogP) is 3.36. The molecule has 4 rings (SSSR count). The van der Waals surface area contributed by atoms with Crippen molar-refractivity contribution in [1.82, 2.24) is 29.9 Å². The van der Waals surface area contributed by atoms with Crippen LogP contribution in [0.4, 0.5) is 13.2 Å². The summed E-state index contributed by atoms with van der Waals surface area (Å²) < 4.78 is 47.7. The number of rotatable bonds is 6. The first-order valence-electron chi connectivity index (χ1n) is 9.39. The molecule has 160 valence electrons. The molecule has 1 atom stereocenters. The molecule has 0 amide bonds. The smallest absolute Gasteiger partial charge is 0.338 e. The number of pyridine rings is 1. The standard InChI is InChI=1S/C19H21F3N6OS/c1-27(2)10-14-9-24-15(30-14)11-28-7-5-18(12-28,19(20,21)22)17-25-16(26-29-17)13-4-3-6-23-8-13/h3-4,6,8-9H,5,7,10-12H2,1-2H3. The zero-order chi connectivity index (χ0) is 21.4. The predicted molar refractivity (Wildman–Crippen MR) is 105 cm³/mol. The van der Waals surface area contributed by atoms with E-state index in [-0.39, 0.29) is 25.3 Å². The van der Waals surface area contributed by atoms with Crippen molar-refractivity contribution in [2.45, 2.75) is 31.1 Å². The highest BCUT2D eigenvalue weighted by molar-refractivity contribution is 7.11. The highest BCUT2D eigenvalue weighted by Gasteiger charge is 2.62. The molecule has 0 spiro atoms. The van der Waals surface area contributed by atoms with E-state index < -0.39 is 17.5 Å². The SMILES string of the molecule is CN(C)Cc1cnc(CN2CCC(c3nc(-c4cccnc4)no3)(C(F)(F)F)C2)s1. The largest absolute Gasteiger partial charge is 0.404 e. The van der Waals surface area contributed by atoms with Crippen LogP contribution < -0.4 is 0 Å². The van der Waals surface area contributed by atoms with Gasteiger partial charge in [-0.05, 0) is 32.6 Å². The molecule has 4 heterocycles. The summed E-state index contributed by atoms with van der Waals surface area (Å²) in [5, 5.41) is 4.57. The summed E-state index contributed by atoms with van der Waals surface area (Å²) in [6, 6.07) is 3.34. The number of nitrogens with zero attached hydrogens (tertiary/aromatic N) is 6. The molecule has 0 bridgehead atoms. The Kier molecular flexibility index (Phi) is 5.60. The van der Waals surface area contributed by atoms with E-state index in [0.717, 1.165) is 16.4 Å². The molecule has 0 saturated carbocycles. The molecule has 1 aliphatic heterocycles. The second-order valence-corrected chi connectivity index (χ2v) is 8.86. The van der Waals surface area contributed by atoms with Crippen molar-refractivity contribution in [1.29, 1.82) is 0 Å². The molecular weight excluding hydrogens is 417 g/mol. The minimum Gasteiger partial charge on any atom is -0.338 e. The lowest BCUT2D eigenvalue weighted by Crippen LogP contribution is -2.45. The van der Waals surface area contributed by atoms with Gasteiger partial charge >= 0.3 is 6.18 Å². The van der Waals surface area contributed by atoms with E-state index in [9.17, 15) is 13.2 Å². The molecule has 0 aromatic carbocycles. The fourth-order valence-electron chi connectivity index (χ4n) is 3.58. The summed E-state index contributed by atoms with van der Waals surface area (Å²) in [4.78, 5) is 17.3. The molecule has 7 nitrogen and oxygen atoms in total. The van der Waals surface area contributed by atoms with Crippen molar-refractivity contribution in [3.05, 3.63) is 46.5 Å². The number of halogens is 3. The van der Waals surface area contributed by atoms with Crippen molar-refractivity contribution >= 4 is 11.3 Å². The van der Waals surface area contributed by atoms with Crippen molar-refractivity contribution in [2.75, 3.05) is 27.2 Å². The first-order valence-corrected chi connectivity index (χ1v) is 10.2. The van der Waals surface area contributed by atoms with E-state index in [1.807, 2.05) is 19.0 Å². The van der Waals surface area contributed by atoms with Crippen LogP contribution in [0.2, 0.25) is 0 Å². The summed E-state index contributed by atoms with van der Waals surface area (Å²) in [6.07, 6.45) is 0.189. The van der Waals surface area contributed by atoms with Gasteiger partial charge in [0, 0.05) is 48.7 Å². The molecular formula is C19H21F3N6OS. The molecule has 1 aliphatic rings. The number of thiazole rings is 1. The maximum atomic E-state index is 14.2. The Morgan fingerprint density at radius 2 is 2.13 bits per heavy atom. The molecule has 11 heteroatoms. The van der Waals surface area contributed by atoms with Gasteiger partial charge in [0.1, 0.15) is 5.01 Å². The third-order valence-corrected chi connectivity index (χ3v) is 6.05. The summed E-state index contributed by atoms with van der Waals surface area (Å²) >= 11 is 1.52. The summed E-state index contributed by atoms with van der Waals surface area (Å²) in [5.74, 6) is -0.294. The number of aromatic nitrogens is 4. The second kappa shape index (κ2) is 8.05. The van der Waals surface area contributed by atoms with E-state index in [0.29, 0.717) is 12.1 Å². The van der Waals surface area contributed by atoms with Gasteiger partial charge in [0.2, 0.25) is 11.7 Å². The van der Waals surface area contributed by atoms with E-state index in [1.165, 1.54) is 17.5 Å². The Labute approximate surface area is 175 Å². The third kappa shape index (κ3) is 4.09. The van der Waals surface area contributed by atoms with Crippen molar-refractivity contribution in [3.8, 4) is 11.4 Å². The van der Waals surface area contributed by atoms with Gasteiger partial charge in [-0.3, -0.25) is 9.88 Å². The lowest BCUT2D eigenvalue weighted by Gasteiger charge is -2.27. The minimum absolute atomic E-state index is 0.105. The molecule has 0 radical (unpaired) electrons. The molecule has 1 unspecified atom stereocenters. The molecule has 1 fully saturated rings. The van der Waals surface area contributed by atoms with Crippen LogP contribution in [-0.2, 0) is 18.5 Å². The van der Waals surface area contributed by atoms with Crippen LogP contribution in [0.1, 0.15) is 22.2 Å².